The number of benzene rings is 8. The maximum absolute atomic E-state index is 14.8. The Bertz CT molecular complexity index is 3550. The molecule has 8 aromatic carbocycles. The highest BCUT2D eigenvalue weighted by Crippen LogP contribution is 2.49. The molecule has 0 radical (unpaired) electrons. The lowest BCUT2D eigenvalue weighted by molar-refractivity contribution is 0.332. The van der Waals surface area contributed by atoms with E-state index in [1.807, 2.05) is 42.5 Å². The first kappa shape index (κ1) is 39.6. The van der Waals surface area contributed by atoms with E-state index >= 15 is 0 Å². The van der Waals surface area contributed by atoms with Crippen molar-refractivity contribution in [3.8, 4) is 51.0 Å². The number of para-hydroxylation sites is 1. The van der Waals surface area contributed by atoms with Crippen LogP contribution in [0.1, 0.15) is 51.7 Å². The van der Waals surface area contributed by atoms with Gasteiger partial charge in [0.05, 0.1) is 22.3 Å². The minimum Gasteiger partial charge on any atom is -0.309 e. The molecule has 0 fully saturated rings. The second kappa shape index (κ2) is 14.4. The van der Waals surface area contributed by atoms with Crippen LogP contribution in [-0.4, -0.2) is 19.5 Å². The summed E-state index contributed by atoms with van der Waals surface area (Å²) in [4.78, 5) is 15.1. The maximum Gasteiger partial charge on any atom is 0.200 e. The largest absolute Gasteiger partial charge is 0.309 e. The molecule has 0 saturated carbocycles. The molecule has 0 aliphatic heterocycles. The molecule has 0 saturated heterocycles. The molecular formula is C55H39F5N4. The van der Waals surface area contributed by atoms with Gasteiger partial charge in [0.1, 0.15) is 0 Å². The second-order valence-corrected chi connectivity index (χ2v) is 18.1. The summed E-state index contributed by atoms with van der Waals surface area (Å²) >= 11 is 0. The Balaban J connectivity index is 1.08. The van der Waals surface area contributed by atoms with E-state index in [1.54, 1.807) is 18.2 Å². The highest BCUT2D eigenvalue weighted by atomic mass is 19.2. The smallest absolute Gasteiger partial charge is 0.200 e. The molecule has 11 rings (SSSR count). The van der Waals surface area contributed by atoms with Crippen LogP contribution in [0.2, 0.25) is 0 Å². The number of fused-ring (bicyclic) bond motifs is 6. The number of rotatable bonds is 5. The van der Waals surface area contributed by atoms with Crippen LogP contribution in [0.25, 0.3) is 94.3 Å². The van der Waals surface area contributed by atoms with Gasteiger partial charge in [0.15, 0.2) is 40.7 Å². The van der Waals surface area contributed by atoms with Gasteiger partial charge in [0.2, 0.25) is 5.82 Å². The van der Waals surface area contributed by atoms with Crippen molar-refractivity contribution in [2.45, 2.75) is 51.4 Å². The normalized spacial score (nSPS) is 14.5. The number of hydrogen-bond acceptors (Lipinski definition) is 3. The van der Waals surface area contributed by atoms with Gasteiger partial charge >= 0.3 is 0 Å². The lowest BCUT2D eigenvalue weighted by atomic mass is 9.63. The van der Waals surface area contributed by atoms with Gasteiger partial charge in [-0.05, 0) is 99.0 Å². The molecule has 0 N–H and O–H groups in total. The van der Waals surface area contributed by atoms with Crippen LogP contribution in [0, 0.1) is 29.1 Å². The quantitative estimate of drug-likeness (QED) is 0.0984. The molecule has 314 valence electrons. The zero-order valence-corrected chi connectivity index (χ0v) is 35.4. The summed E-state index contributed by atoms with van der Waals surface area (Å²) in [6.07, 6.45) is 2.24. The molecular weight excluding hydrogens is 812 g/mol. The molecule has 9 heteroatoms. The van der Waals surface area contributed by atoms with E-state index in [9.17, 15) is 22.0 Å². The predicted octanol–water partition coefficient (Wildman–Crippen LogP) is 15.0. The third-order valence-corrected chi connectivity index (χ3v) is 13.3. The van der Waals surface area contributed by atoms with Crippen molar-refractivity contribution in [1.29, 1.82) is 0 Å². The van der Waals surface area contributed by atoms with Crippen LogP contribution in [0.4, 0.5) is 22.0 Å². The van der Waals surface area contributed by atoms with Crippen LogP contribution in [-0.2, 0) is 10.8 Å². The van der Waals surface area contributed by atoms with Crippen LogP contribution in [0.3, 0.4) is 0 Å². The van der Waals surface area contributed by atoms with Crippen molar-refractivity contribution in [3.63, 3.8) is 0 Å². The fraction of sp³-hybridized carbons (Fsp3) is 0.145. The second-order valence-electron chi connectivity index (χ2n) is 18.1. The molecule has 2 aromatic heterocycles. The summed E-state index contributed by atoms with van der Waals surface area (Å²) in [5, 5.41) is 5.57. The Morgan fingerprint density at radius 1 is 0.422 bits per heavy atom. The maximum atomic E-state index is 14.8. The van der Waals surface area contributed by atoms with E-state index in [4.69, 9.17) is 15.0 Å². The Labute approximate surface area is 365 Å². The van der Waals surface area contributed by atoms with E-state index in [0.717, 1.165) is 51.5 Å². The molecule has 0 unspecified atom stereocenters. The van der Waals surface area contributed by atoms with Crippen molar-refractivity contribution in [3.05, 3.63) is 180 Å². The van der Waals surface area contributed by atoms with E-state index in [0.29, 0.717) is 33.8 Å². The Morgan fingerprint density at radius 3 is 1.64 bits per heavy atom. The fourth-order valence-electron chi connectivity index (χ4n) is 9.70. The summed E-state index contributed by atoms with van der Waals surface area (Å²) in [7, 11) is 0. The van der Waals surface area contributed by atoms with Crippen molar-refractivity contribution in [1.82, 2.24) is 19.5 Å². The zero-order chi connectivity index (χ0) is 44.2. The zero-order valence-electron chi connectivity index (χ0n) is 35.4. The summed E-state index contributed by atoms with van der Waals surface area (Å²) < 4.78 is 74.2. The molecule has 10 aromatic rings. The number of nitrogens with zero attached hydrogens (tertiary/aromatic N) is 4. The monoisotopic (exact) mass is 850 g/mol. The Kier molecular flexibility index (Phi) is 8.90. The standard InChI is InChI=1S/C55H39F5N4/c1-54(2)24-25-55(3,4)41-29-44-39(28-40(41)54)37-16-10-11-17-42(37)64(44)43-23-22-38(35-14-8-9-15-36(35)43)53-62-51(30-12-6-5-7-13-30)61-52(63-53)34-21-19-31-26-33(20-18-32(31)27-34)45-46(56)48(58)50(60)49(59)47(45)57/h5-23,26-29H,24-25H2,1-4H3. The van der Waals surface area contributed by atoms with Crippen LogP contribution in [0.15, 0.2) is 140 Å². The molecule has 0 spiro atoms. The first-order chi connectivity index (χ1) is 30.8. The van der Waals surface area contributed by atoms with E-state index < -0.39 is 34.6 Å². The van der Waals surface area contributed by atoms with Gasteiger partial charge in [0.25, 0.3) is 0 Å². The Hall–Kier alpha value is -7.26. The molecule has 4 nitrogen and oxygen atoms in total. The summed E-state index contributed by atoms with van der Waals surface area (Å²) in [5.41, 5.74) is 7.33. The lowest BCUT2D eigenvalue weighted by Crippen LogP contribution is -2.33. The average molecular weight is 851 g/mol. The van der Waals surface area contributed by atoms with Crippen LogP contribution in [0.5, 0.6) is 0 Å². The summed E-state index contributed by atoms with van der Waals surface area (Å²) in [6.45, 7) is 9.44. The van der Waals surface area contributed by atoms with Gasteiger partial charge in [-0.3, -0.25) is 0 Å². The van der Waals surface area contributed by atoms with Crippen molar-refractivity contribution in [2.75, 3.05) is 0 Å². The van der Waals surface area contributed by atoms with E-state index in [1.165, 1.54) is 34.0 Å². The predicted molar refractivity (Wildman–Crippen MR) is 246 cm³/mol. The summed E-state index contributed by atoms with van der Waals surface area (Å²) in [6, 6.07) is 45.3. The third kappa shape index (κ3) is 6.12. The van der Waals surface area contributed by atoms with Crippen molar-refractivity contribution >= 4 is 43.4 Å². The first-order valence-electron chi connectivity index (χ1n) is 21.3. The minimum absolute atomic E-state index is 0.0251. The van der Waals surface area contributed by atoms with E-state index in [-0.39, 0.29) is 16.4 Å². The van der Waals surface area contributed by atoms with Gasteiger partial charge in [-0.2, -0.15) is 0 Å². The van der Waals surface area contributed by atoms with Gasteiger partial charge in [-0.15, -0.1) is 0 Å². The number of halogens is 5. The fourth-order valence-corrected chi connectivity index (χ4v) is 9.70. The highest BCUT2D eigenvalue weighted by Gasteiger charge is 2.38. The number of aromatic nitrogens is 4. The Morgan fingerprint density at radius 2 is 0.953 bits per heavy atom. The highest BCUT2D eigenvalue weighted by molar-refractivity contribution is 6.12. The first-order valence-corrected chi connectivity index (χ1v) is 21.3. The van der Waals surface area contributed by atoms with Crippen molar-refractivity contribution < 1.29 is 22.0 Å². The summed E-state index contributed by atoms with van der Waals surface area (Å²) in [5.74, 6) is -8.65. The molecule has 0 bridgehead atoms. The van der Waals surface area contributed by atoms with Gasteiger partial charge < -0.3 is 4.57 Å². The molecule has 2 heterocycles. The topological polar surface area (TPSA) is 43.6 Å². The molecule has 64 heavy (non-hydrogen) atoms. The van der Waals surface area contributed by atoms with Crippen LogP contribution < -0.4 is 0 Å². The molecule has 1 aliphatic rings. The molecule has 0 atom stereocenters. The molecule has 0 amide bonds. The minimum atomic E-state index is -2.20. The van der Waals surface area contributed by atoms with E-state index in [2.05, 4.69) is 99.0 Å². The molecule has 1 aliphatic carbocycles. The lowest BCUT2D eigenvalue weighted by Gasteiger charge is -2.42. The van der Waals surface area contributed by atoms with Gasteiger partial charge in [-0.25, -0.2) is 36.9 Å². The van der Waals surface area contributed by atoms with Gasteiger partial charge in [-0.1, -0.05) is 125 Å². The van der Waals surface area contributed by atoms with Gasteiger partial charge in [0, 0.05) is 32.8 Å². The number of hydrogen-bond donors (Lipinski definition) is 0. The third-order valence-electron chi connectivity index (χ3n) is 13.3. The van der Waals surface area contributed by atoms with Crippen molar-refractivity contribution in [2.24, 2.45) is 0 Å². The SMILES string of the molecule is CC1(C)CCC(C)(C)c2cc3c(cc21)c1ccccc1n3-c1ccc(-c2nc(-c3ccccc3)nc(-c3ccc4cc(-c5c(F)c(F)c(F)c(F)c5F)ccc4c3)n2)c2ccccc12. The average Bonchev–Trinajstić information content (AvgIpc) is 3.64. The van der Waals surface area contributed by atoms with Crippen LogP contribution >= 0.6 is 0 Å².